The molecule has 2 saturated heterocycles. The Balaban J connectivity index is 0.000000281. The van der Waals surface area contributed by atoms with Crippen molar-refractivity contribution < 1.29 is 10.0 Å². The minimum absolute atomic E-state index is 0. The van der Waals surface area contributed by atoms with Gasteiger partial charge in [-0.05, 0) is 25.7 Å². The molecule has 4 heterocycles. The van der Waals surface area contributed by atoms with E-state index in [1.54, 1.807) is 12.3 Å². The lowest BCUT2D eigenvalue weighted by Gasteiger charge is -2.16. The van der Waals surface area contributed by atoms with Gasteiger partial charge in [0, 0.05) is 45.4 Å². The normalized spacial score (nSPS) is 14.6. The van der Waals surface area contributed by atoms with E-state index < -0.39 is 4.92 Å². The number of pyridine rings is 2. The van der Waals surface area contributed by atoms with Gasteiger partial charge in [0.05, 0.1) is 22.5 Å². The van der Waals surface area contributed by atoms with Crippen molar-refractivity contribution in [3.8, 4) is 0 Å². The Labute approximate surface area is 183 Å². The van der Waals surface area contributed by atoms with Gasteiger partial charge in [-0.2, -0.15) is 0 Å². The van der Waals surface area contributed by atoms with Gasteiger partial charge in [0.1, 0.15) is 23.5 Å². The fraction of sp³-hybridized carbons (Fsp3) is 0.500. The Morgan fingerprint density at radius 3 is 1.65 bits per heavy atom. The first-order chi connectivity index (χ1) is 14.5. The van der Waals surface area contributed by atoms with Gasteiger partial charge < -0.3 is 32.1 Å². The van der Waals surface area contributed by atoms with Gasteiger partial charge in [-0.1, -0.05) is 7.43 Å². The van der Waals surface area contributed by atoms with Crippen molar-refractivity contribution in [2.45, 2.75) is 33.1 Å². The first-order valence-corrected chi connectivity index (χ1v) is 9.81. The number of nitrogen functional groups attached to an aromatic ring is 3. The van der Waals surface area contributed by atoms with Crippen LogP contribution in [0.5, 0.6) is 0 Å². The van der Waals surface area contributed by atoms with Crippen LogP contribution in [0, 0.1) is 10.1 Å². The van der Waals surface area contributed by atoms with Crippen LogP contribution < -0.4 is 27.0 Å². The van der Waals surface area contributed by atoms with E-state index in [0.29, 0.717) is 11.4 Å². The van der Waals surface area contributed by atoms with Crippen molar-refractivity contribution in [2.75, 3.05) is 60.3 Å². The second kappa shape index (κ2) is 12.4. The van der Waals surface area contributed by atoms with E-state index in [0.717, 1.165) is 57.8 Å². The predicted molar refractivity (Wildman–Crippen MR) is 126 cm³/mol. The molecule has 11 nitrogen and oxygen atoms in total. The number of nitrogens with two attached hydrogens (primary N) is 3. The molecular weight excluding hydrogens is 400 g/mol. The monoisotopic (exact) mass is 434 g/mol. The van der Waals surface area contributed by atoms with Crippen LogP contribution in [0.15, 0.2) is 24.5 Å². The molecule has 2 aromatic heterocycles. The fourth-order valence-electron chi connectivity index (χ4n) is 3.31. The number of aromatic nitrogens is 2. The van der Waals surface area contributed by atoms with Gasteiger partial charge in [0.25, 0.3) is 0 Å². The maximum Gasteiger partial charge on any atom is 0.310 e. The van der Waals surface area contributed by atoms with Gasteiger partial charge in [0.2, 0.25) is 0 Å². The zero-order valence-corrected chi connectivity index (χ0v) is 17.2. The lowest BCUT2D eigenvalue weighted by Crippen LogP contribution is -2.19. The molecule has 2 fully saturated rings. The maximum absolute atomic E-state index is 10.5. The smallest absolute Gasteiger partial charge is 0.310 e. The van der Waals surface area contributed by atoms with Crippen LogP contribution in [-0.4, -0.2) is 53.3 Å². The Bertz CT molecular complexity index is 837. The van der Waals surface area contributed by atoms with Crippen LogP contribution in [0.25, 0.3) is 0 Å². The number of hydrogen-bond acceptors (Lipinski definition) is 10. The Morgan fingerprint density at radius 1 is 0.839 bits per heavy atom. The molecule has 31 heavy (non-hydrogen) atoms. The van der Waals surface area contributed by atoms with Crippen LogP contribution >= 0.6 is 0 Å². The van der Waals surface area contributed by atoms with Crippen LogP contribution in [-0.2, 0) is 0 Å². The molecule has 172 valence electrons. The van der Waals surface area contributed by atoms with Gasteiger partial charge in [-0.3, -0.25) is 10.1 Å². The van der Waals surface area contributed by atoms with E-state index in [9.17, 15) is 10.1 Å². The van der Waals surface area contributed by atoms with Crippen LogP contribution in [0.1, 0.15) is 33.1 Å². The summed E-state index contributed by atoms with van der Waals surface area (Å²) in [6.07, 6.45) is 7.61. The topological polar surface area (TPSA) is 174 Å². The average molecular weight is 435 g/mol. The van der Waals surface area contributed by atoms with Gasteiger partial charge in [0.15, 0.2) is 0 Å². The molecule has 0 amide bonds. The Morgan fingerprint density at radius 2 is 1.26 bits per heavy atom. The minimum atomic E-state index is -0.518. The zero-order chi connectivity index (χ0) is 22.1. The van der Waals surface area contributed by atoms with E-state index in [-0.39, 0.29) is 18.8 Å². The number of aliphatic hydroxyl groups excluding tert-OH is 1. The summed E-state index contributed by atoms with van der Waals surface area (Å²) in [6, 6.07) is 3.42. The highest BCUT2D eigenvalue weighted by Crippen LogP contribution is 2.26. The molecule has 0 spiro atoms. The van der Waals surface area contributed by atoms with Crippen molar-refractivity contribution in [2.24, 2.45) is 0 Å². The highest BCUT2D eigenvalue weighted by Gasteiger charge is 2.18. The minimum Gasteiger partial charge on any atom is -0.400 e. The molecule has 2 aliphatic rings. The molecule has 4 rings (SSSR count). The first-order valence-electron chi connectivity index (χ1n) is 9.81. The number of rotatable bonds is 3. The van der Waals surface area contributed by atoms with Crippen LogP contribution in [0.2, 0.25) is 0 Å². The van der Waals surface area contributed by atoms with Crippen molar-refractivity contribution in [1.29, 1.82) is 0 Å². The molecule has 0 saturated carbocycles. The third-order valence-electron chi connectivity index (χ3n) is 4.91. The number of aliphatic hydroxyl groups is 1. The number of anilines is 5. The maximum atomic E-state index is 10.5. The highest BCUT2D eigenvalue weighted by molar-refractivity contribution is 5.66. The summed E-state index contributed by atoms with van der Waals surface area (Å²) >= 11 is 0. The highest BCUT2D eigenvalue weighted by atomic mass is 16.6. The summed E-state index contributed by atoms with van der Waals surface area (Å²) in [4.78, 5) is 22.6. The molecule has 0 aliphatic carbocycles. The summed E-state index contributed by atoms with van der Waals surface area (Å²) < 4.78 is 0. The Hall–Kier alpha value is -3.34. The molecule has 2 aliphatic heterocycles. The van der Waals surface area contributed by atoms with Crippen LogP contribution in [0.3, 0.4) is 0 Å². The largest absolute Gasteiger partial charge is 0.400 e. The molecule has 0 radical (unpaired) electrons. The lowest BCUT2D eigenvalue weighted by molar-refractivity contribution is -0.384. The average Bonchev–Trinajstić information content (AvgIpc) is 3.46. The predicted octanol–water partition coefficient (Wildman–Crippen LogP) is 2.26. The van der Waals surface area contributed by atoms with Gasteiger partial charge >= 0.3 is 5.69 Å². The van der Waals surface area contributed by atoms with E-state index in [2.05, 4.69) is 19.8 Å². The van der Waals surface area contributed by atoms with Gasteiger partial charge in [-0.15, -0.1) is 0 Å². The van der Waals surface area contributed by atoms with E-state index in [4.69, 9.17) is 22.3 Å². The van der Waals surface area contributed by atoms with E-state index in [1.807, 2.05) is 6.07 Å². The van der Waals surface area contributed by atoms with E-state index >= 15 is 0 Å². The first kappa shape index (κ1) is 25.7. The summed E-state index contributed by atoms with van der Waals surface area (Å²) in [5, 5.41) is 17.5. The molecule has 0 unspecified atom stereocenters. The van der Waals surface area contributed by atoms with E-state index in [1.165, 1.54) is 19.0 Å². The molecular formula is C20H34N8O3. The van der Waals surface area contributed by atoms with Crippen molar-refractivity contribution in [3.05, 3.63) is 34.6 Å². The lowest BCUT2D eigenvalue weighted by atomic mass is 10.3. The van der Waals surface area contributed by atoms with Crippen molar-refractivity contribution >= 4 is 34.4 Å². The third kappa shape index (κ3) is 6.85. The zero-order valence-electron chi connectivity index (χ0n) is 17.2. The molecule has 0 atom stereocenters. The van der Waals surface area contributed by atoms with Crippen LogP contribution in [0.4, 0.5) is 34.4 Å². The Kier molecular flexibility index (Phi) is 10.3. The standard InChI is InChI=1S/C9H12N4O2.C9H14N4.CH4O.CH4/c10-7-5-9(12-3-1-2-4-12)11-6-8(7)13(14)15;10-7-5-9(12-6-8(7)11)13-3-1-2-4-13;1-2;/h5-6H,1-4H2,(H2,10,11);5-6H,1-4,11H2,(H2,10,12);2H,1H3;1H4. The van der Waals surface area contributed by atoms with Crippen molar-refractivity contribution in [3.63, 3.8) is 0 Å². The summed E-state index contributed by atoms with van der Waals surface area (Å²) in [6.45, 7) is 4.06. The molecule has 0 bridgehead atoms. The third-order valence-corrected chi connectivity index (χ3v) is 4.91. The summed E-state index contributed by atoms with van der Waals surface area (Å²) in [5.41, 5.74) is 18.1. The molecule has 7 N–H and O–H groups in total. The number of nitrogens with zero attached hydrogens (tertiary/aromatic N) is 5. The quantitative estimate of drug-likeness (QED) is 0.414. The van der Waals surface area contributed by atoms with Gasteiger partial charge in [-0.25, -0.2) is 9.97 Å². The van der Waals surface area contributed by atoms with Crippen molar-refractivity contribution in [1.82, 2.24) is 9.97 Å². The second-order valence-electron chi connectivity index (χ2n) is 6.92. The SMILES string of the molecule is C.CO.Nc1cc(N2CCCC2)ncc1[N+](=O)[O-].Nc1cnc(N2CCCC2)cc1N. The second-order valence-corrected chi connectivity index (χ2v) is 6.92. The molecule has 11 heteroatoms. The molecule has 2 aromatic rings. The summed E-state index contributed by atoms with van der Waals surface area (Å²) in [7, 11) is 1.00. The number of hydrogen-bond donors (Lipinski definition) is 4. The molecule has 0 aromatic carbocycles. The summed E-state index contributed by atoms with van der Waals surface area (Å²) in [5.74, 6) is 1.68. The fourth-order valence-corrected chi connectivity index (χ4v) is 3.31. The number of nitro groups is 1.